The van der Waals surface area contributed by atoms with E-state index in [-0.39, 0.29) is 11.6 Å². The van der Waals surface area contributed by atoms with E-state index in [0.717, 1.165) is 12.1 Å². The van der Waals surface area contributed by atoms with Crippen LogP contribution in [-0.2, 0) is 10.0 Å². The highest BCUT2D eigenvalue weighted by Gasteiger charge is 2.17. The van der Waals surface area contributed by atoms with Crippen LogP contribution in [0.3, 0.4) is 0 Å². The topological polar surface area (TPSA) is 46.2 Å². The molecule has 1 aromatic carbocycles. The maximum absolute atomic E-state index is 13.1. The quantitative estimate of drug-likeness (QED) is 0.871. The van der Waals surface area contributed by atoms with Crippen molar-refractivity contribution >= 4 is 21.6 Å². The molecule has 0 aliphatic heterocycles. The number of halogens is 2. The average Bonchev–Trinajstić information content (AvgIpc) is 2.09. The van der Waals surface area contributed by atoms with Crippen molar-refractivity contribution in [3.8, 4) is 0 Å². The average molecular weight is 238 g/mol. The fraction of sp³-hybridized carbons (Fsp3) is 0.250. The SMILES string of the molecule is CCNS(=O)(=O)c1cc(Cl)ccc1F. The summed E-state index contributed by atoms with van der Waals surface area (Å²) < 4.78 is 38.1. The zero-order valence-electron chi connectivity index (χ0n) is 7.42. The first-order chi connectivity index (χ1) is 6.47. The second-order valence-electron chi connectivity index (χ2n) is 2.58. The monoisotopic (exact) mass is 237 g/mol. The number of hydrogen-bond donors (Lipinski definition) is 1. The standard InChI is InChI=1S/C8H9ClFNO2S/c1-2-11-14(12,13)8-5-6(9)3-4-7(8)10/h3-5,11H,2H2,1H3. The molecule has 0 aliphatic rings. The van der Waals surface area contributed by atoms with Crippen molar-refractivity contribution in [2.45, 2.75) is 11.8 Å². The first kappa shape index (κ1) is 11.4. The maximum Gasteiger partial charge on any atom is 0.243 e. The lowest BCUT2D eigenvalue weighted by Gasteiger charge is -2.05. The third kappa shape index (κ3) is 2.43. The molecule has 78 valence electrons. The Balaban J connectivity index is 3.25. The predicted octanol–water partition coefficient (Wildman–Crippen LogP) is 1.78. The Morgan fingerprint density at radius 1 is 1.50 bits per heavy atom. The molecule has 1 aromatic rings. The van der Waals surface area contributed by atoms with Crippen LogP contribution >= 0.6 is 11.6 Å². The minimum Gasteiger partial charge on any atom is -0.211 e. The van der Waals surface area contributed by atoms with E-state index in [2.05, 4.69) is 4.72 Å². The predicted molar refractivity (Wildman–Crippen MR) is 52.3 cm³/mol. The van der Waals surface area contributed by atoms with E-state index < -0.39 is 20.7 Å². The molecule has 0 fully saturated rings. The van der Waals surface area contributed by atoms with Gasteiger partial charge in [-0.2, -0.15) is 0 Å². The van der Waals surface area contributed by atoms with Gasteiger partial charge >= 0.3 is 0 Å². The Labute approximate surface area is 86.9 Å². The Bertz CT molecular complexity index is 433. The molecule has 3 nitrogen and oxygen atoms in total. The number of nitrogens with one attached hydrogen (secondary N) is 1. The summed E-state index contributed by atoms with van der Waals surface area (Å²) in [6, 6.07) is 3.39. The smallest absolute Gasteiger partial charge is 0.211 e. The van der Waals surface area contributed by atoms with E-state index in [1.54, 1.807) is 6.92 Å². The number of rotatable bonds is 3. The molecule has 6 heteroatoms. The van der Waals surface area contributed by atoms with Crippen LogP contribution in [-0.4, -0.2) is 15.0 Å². The highest BCUT2D eigenvalue weighted by Crippen LogP contribution is 2.18. The molecular formula is C8H9ClFNO2S. The summed E-state index contributed by atoms with van der Waals surface area (Å²) in [6.07, 6.45) is 0. The van der Waals surface area contributed by atoms with Crippen molar-refractivity contribution in [2.24, 2.45) is 0 Å². The lowest BCUT2D eigenvalue weighted by atomic mass is 10.3. The van der Waals surface area contributed by atoms with Crippen LogP contribution in [0, 0.1) is 5.82 Å². The van der Waals surface area contributed by atoms with Gasteiger partial charge in [-0.25, -0.2) is 17.5 Å². The van der Waals surface area contributed by atoms with Gasteiger partial charge in [0.1, 0.15) is 10.7 Å². The molecule has 0 atom stereocenters. The molecule has 0 heterocycles. The van der Waals surface area contributed by atoms with Crippen LogP contribution < -0.4 is 4.72 Å². The fourth-order valence-corrected chi connectivity index (χ4v) is 2.33. The Kier molecular flexibility index (Phi) is 3.47. The van der Waals surface area contributed by atoms with Crippen LogP contribution in [0.2, 0.25) is 5.02 Å². The first-order valence-electron chi connectivity index (χ1n) is 3.92. The van der Waals surface area contributed by atoms with Gasteiger partial charge in [0.2, 0.25) is 10.0 Å². The van der Waals surface area contributed by atoms with Gasteiger partial charge in [0.15, 0.2) is 0 Å². The number of benzene rings is 1. The number of hydrogen-bond acceptors (Lipinski definition) is 2. The molecule has 0 saturated heterocycles. The van der Waals surface area contributed by atoms with Gasteiger partial charge < -0.3 is 0 Å². The van der Waals surface area contributed by atoms with Crippen LogP contribution in [0.15, 0.2) is 23.1 Å². The molecule has 0 radical (unpaired) electrons. The van der Waals surface area contributed by atoms with Crippen molar-refractivity contribution in [3.63, 3.8) is 0 Å². The molecule has 1 N–H and O–H groups in total. The largest absolute Gasteiger partial charge is 0.243 e. The van der Waals surface area contributed by atoms with Crippen molar-refractivity contribution in [3.05, 3.63) is 29.0 Å². The second kappa shape index (κ2) is 4.25. The van der Waals surface area contributed by atoms with Gasteiger partial charge in [0.05, 0.1) is 0 Å². The molecule has 0 spiro atoms. The zero-order chi connectivity index (χ0) is 10.8. The normalized spacial score (nSPS) is 11.6. The third-order valence-electron chi connectivity index (χ3n) is 1.52. The fourth-order valence-electron chi connectivity index (χ4n) is 0.951. The molecule has 0 saturated carbocycles. The van der Waals surface area contributed by atoms with Crippen molar-refractivity contribution in [2.75, 3.05) is 6.54 Å². The highest BCUT2D eigenvalue weighted by molar-refractivity contribution is 7.89. The van der Waals surface area contributed by atoms with Gasteiger partial charge in [-0.15, -0.1) is 0 Å². The van der Waals surface area contributed by atoms with E-state index in [1.165, 1.54) is 6.07 Å². The van der Waals surface area contributed by atoms with Crippen LogP contribution in [0.25, 0.3) is 0 Å². The molecule has 0 amide bonds. The van der Waals surface area contributed by atoms with Gasteiger partial charge in [-0.3, -0.25) is 0 Å². The molecule has 1 rings (SSSR count). The molecule has 14 heavy (non-hydrogen) atoms. The summed E-state index contributed by atoms with van der Waals surface area (Å²) in [5.74, 6) is -0.810. The highest BCUT2D eigenvalue weighted by atomic mass is 35.5. The van der Waals surface area contributed by atoms with E-state index in [0.29, 0.717) is 0 Å². The van der Waals surface area contributed by atoms with E-state index >= 15 is 0 Å². The van der Waals surface area contributed by atoms with Crippen LogP contribution in [0.5, 0.6) is 0 Å². The lowest BCUT2D eigenvalue weighted by Crippen LogP contribution is -2.24. The van der Waals surface area contributed by atoms with E-state index in [4.69, 9.17) is 11.6 Å². The minimum absolute atomic E-state index is 0.183. The molecule has 0 aromatic heterocycles. The van der Waals surface area contributed by atoms with E-state index in [1.807, 2.05) is 0 Å². The zero-order valence-corrected chi connectivity index (χ0v) is 8.99. The summed E-state index contributed by atoms with van der Waals surface area (Å²) in [6.45, 7) is 1.81. The molecule has 0 bridgehead atoms. The first-order valence-corrected chi connectivity index (χ1v) is 5.78. The van der Waals surface area contributed by atoms with Crippen molar-refractivity contribution < 1.29 is 12.8 Å². The Morgan fingerprint density at radius 2 is 2.14 bits per heavy atom. The summed E-state index contributed by atoms with van der Waals surface area (Å²) in [4.78, 5) is -0.424. The van der Waals surface area contributed by atoms with E-state index in [9.17, 15) is 12.8 Å². The summed E-state index contributed by atoms with van der Waals surface area (Å²) >= 11 is 5.56. The maximum atomic E-state index is 13.1. The summed E-state index contributed by atoms with van der Waals surface area (Å²) in [7, 11) is -3.77. The lowest BCUT2D eigenvalue weighted by molar-refractivity contribution is 0.558. The summed E-state index contributed by atoms with van der Waals surface area (Å²) in [5.41, 5.74) is 0. The van der Waals surface area contributed by atoms with Gasteiger partial charge in [0.25, 0.3) is 0 Å². The van der Waals surface area contributed by atoms with Gasteiger partial charge in [-0.1, -0.05) is 18.5 Å². The van der Waals surface area contributed by atoms with Crippen molar-refractivity contribution in [1.82, 2.24) is 4.72 Å². The van der Waals surface area contributed by atoms with Gasteiger partial charge in [0, 0.05) is 11.6 Å². The Hall–Kier alpha value is -0.650. The minimum atomic E-state index is -3.77. The Morgan fingerprint density at radius 3 is 2.71 bits per heavy atom. The number of sulfonamides is 1. The molecule has 0 aliphatic carbocycles. The molecule has 0 unspecified atom stereocenters. The third-order valence-corrected chi connectivity index (χ3v) is 3.31. The van der Waals surface area contributed by atoms with Gasteiger partial charge in [-0.05, 0) is 18.2 Å². The second-order valence-corrected chi connectivity index (χ2v) is 4.75. The van der Waals surface area contributed by atoms with Crippen molar-refractivity contribution in [1.29, 1.82) is 0 Å². The summed E-state index contributed by atoms with van der Waals surface area (Å²) in [5, 5.41) is 0.183. The van der Waals surface area contributed by atoms with Crippen LogP contribution in [0.4, 0.5) is 4.39 Å². The van der Waals surface area contributed by atoms with Crippen LogP contribution in [0.1, 0.15) is 6.92 Å². The molecular weight excluding hydrogens is 229 g/mol.